The second kappa shape index (κ2) is 9.10. The highest BCUT2D eigenvalue weighted by Gasteiger charge is 2.17. The zero-order valence-electron chi connectivity index (χ0n) is 22.5. The number of rotatable bonds is 3. The van der Waals surface area contributed by atoms with Crippen LogP contribution in [-0.4, -0.2) is 14.5 Å². The molecule has 0 N–H and O–H groups in total. The van der Waals surface area contributed by atoms with Crippen molar-refractivity contribution in [3.8, 4) is 27.9 Å². The number of benzene rings is 6. The van der Waals surface area contributed by atoms with Gasteiger partial charge in [-0.1, -0.05) is 91.0 Å². The maximum Gasteiger partial charge on any atom is 0.165 e. The molecule has 4 heteroatoms. The van der Waals surface area contributed by atoms with E-state index in [0.717, 1.165) is 44.4 Å². The molecule has 0 saturated heterocycles. The van der Waals surface area contributed by atoms with Gasteiger partial charge in [-0.15, -0.1) is 11.3 Å². The quantitative estimate of drug-likeness (QED) is 0.218. The van der Waals surface area contributed by atoms with E-state index in [1.807, 2.05) is 41.7 Å². The Bertz CT molecular complexity index is 2470. The standard InChI is InChI=1S/C38H23N3S/c1-2-12-27(13-3-1)41-34-21-20-25(23-31(34)36-38(41)40-33-18-6-5-17-32(33)39-36)24-10-8-11-26(22-24)28-15-9-16-30-29-14-4-7-19-35(29)42-37(28)30/h1-23H. The molecule has 0 aliphatic carbocycles. The topological polar surface area (TPSA) is 30.7 Å². The monoisotopic (exact) mass is 553 g/mol. The van der Waals surface area contributed by atoms with Crippen molar-refractivity contribution in [1.29, 1.82) is 0 Å². The number of hydrogen-bond acceptors (Lipinski definition) is 3. The molecule has 42 heavy (non-hydrogen) atoms. The maximum atomic E-state index is 5.12. The van der Waals surface area contributed by atoms with Crippen LogP contribution in [0.1, 0.15) is 0 Å². The van der Waals surface area contributed by atoms with E-state index in [2.05, 4.69) is 114 Å². The smallest absolute Gasteiger partial charge is 0.165 e. The van der Waals surface area contributed by atoms with Crippen LogP contribution in [0, 0.1) is 0 Å². The third kappa shape index (κ3) is 3.52. The number of hydrogen-bond donors (Lipinski definition) is 0. The fourth-order valence-corrected chi connectivity index (χ4v) is 7.46. The first-order valence-electron chi connectivity index (χ1n) is 14.1. The first-order chi connectivity index (χ1) is 20.8. The van der Waals surface area contributed by atoms with Gasteiger partial charge in [-0.05, 0) is 70.8 Å². The molecule has 9 rings (SSSR count). The van der Waals surface area contributed by atoms with Gasteiger partial charge in [0.15, 0.2) is 5.65 Å². The Morgan fingerprint density at radius 1 is 0.500 bits per heavy atom. The highest BCUT2D eigenvalue weighted by Crippen LogP contribution is 2.41. The molecule has 6 aromatic carbocycles. The summed E-state index contributed by atoms with van der Waals surface area (Å²) in [6.45, 7) is 0. The van der Waals surface area contributed by atoms with Gasteiger partial charge >= 0.3 is 0 Å². The molecule has 0 amide bonds. The predicted molar refractivity (Wildman–Crippen MR) is 178 cm³/mol. The van der Waals surface area contributed by atoms with E-state index in [1.54, 1.807) is 0 Å². The van der Waals surface area contributed by atoms with Crippen LogP contribution in [0.3, 0.4) is 0 Å². The van der Waals surface area contributed by atoms with Gasteiger partial charge in [-0.25, -0.2) is 9.97 Å². The minimum absolute atomic E-state index is 0.872. The van der Waals surface area contributed by atoms with Crippen LogP contribution >= 0.6 is 11.3 Å². The van der Waals surface area contributed by atoms with Crippen LogP contribution in [0.15, 0.2) is 140 Å². The fourth-order valence-electron chi connectivity index (χ4n) is 6.22. The Hall–Kier alpha value is -5.32. The van der Waals surface area contributed by atoms with Gasteiger partial charge in [0.1, 0.15) is 5.52 Å². The lowest BCUT2D eigenvalue weighted by molar-refractivity contribution is 1.14. The number of thiophene rings is 1. The van der Waals surface area contributed by atoms with E-state index in [0.29, 0.717) is 0 Å². The molecular formula is C38H23N3S. The Labute approximate surface area is 246 Å². The summed E-state index contributed by atoms with van der Waals surface area (Å²) >= 11 is 1.87. The average Bonchev–Trinajstić information content (AvgIpc) is 3.59. The average molecular weight is 554 g/mol. The lowest BCUT2D eigenvalue weighted by Gasteiger charge is -2.09. The minimum atomic E-state index is 0.872. The van der Waals surface area contributed by atoms with Crippen LogP contribution in [0.5, 0.6) is 0 Å². The van der Waals surface area contributed by atoms with E-state index in [4.69, 9.17) is 9.97 Å². The van der Waals surface area contributed by atoms with E-state index in [1.165, 1.54) is 36.9 Å². The Morgan fingerprint density at radius 2 is 1.21 bits per heavy atom. The number of aromatic nitrogens is 3. The molecule has 0 spiro atoms. The van der Waals surface area contributed by atoms with Crippen molar-refractivity contribution in [3.63, 3.8) is 0 Å². The van der Waals surface area contributed by atoms with Crippen molar-refractivity contribution in [2.75, 3.05) is 0 Å². The van der Waals surface area contributed by atoms with Crippen LogP contribution in [0.2, 0.25) is 0 Å². The first-order valence-corrected chi connectivity index (χ1v) is 14.9. The summed E-state index contributed by atoms with van der Waals surface area (Å²) in [6, 6.07) is 49.5. The van der Waals surface area contributed by atoms with Crippen molar-refractivity contribution in [2.24, 2.45) is 0 Å². The van der Waals surface area contributed by atoms with Crippen LogP contribution in [0.4, 0.5) is 0 Å². The third-order valence-electron chi connectivity index (χ3n) is 8.18. The summed E-state index contributed by atoms with van der Waals surface area (Å²) in [7, 11) is 0. The lowest BCUT2D eigenvalue weighted by Crippen LogP contribution is -1.96. The van der Waals surface area contributed by atoms with E-state index in [-0.39, 0.29) is 0 Å². The molecule has 3 nitrogen and oxygen atoms in total. The minimum Gasteiger partial charge on any atom is -0.293 e. The largest absolute Gasteiger partial charge is 0.293 e. The van der Waals surface area contributed by atoms with Crippen molar-refractivity contribution in [2.45, 2.75) is 0 Å². The zero-order chi connectivity index (χ0) is 27.6. The van der Waals surface area contributed by atoms with Gasteiger partial charge in [-0.3, -0.25) is 4.57 Å². The Morgan fingerprint density at radius 3 is 2.12 bits per heavy atom. The molecule has 0 aliphatic heterocycles. The molecule has 196 valence electrons. The lowest BCUT2D eigenvalue weighted by atomic mass is 9.97. The maximum absolute atomic E-state index is 5.12. The highest BCUT2D eigenvalue weighted by molar-refractivity contribution is 7.26. The van der Waals surface area contributed by atoms with Crippen LogP contribution in [0.25, 0.3) is 81.2 Å². The molecule has 0 bridgehead atoms. The summed E-state index contributed by atoms with van der Waals surface area (Å²) in [4.78, 5) is 10.2. The highest BCUT2D eigenvalue weighted by atomic mass is 32.1. The first kappa shape index (κ1) is 23.4. The molecule has 3 aromatic heterocycles. The second-order valence-electron chi connectivity index (χ2n) is 10.6. The van der Waals surface area contributed by atoms with Crippen LogP contribution in [-0.2, 0) is 0 Å². The predicted octanol–water partition coefficient (Wildman–Crippen LogP) is 10.4. The van der Waals surface area contributed by atoms with Gasteiger partial charge in [0.25, 0.3) is 0 Å². The number of para-hydroxylation sites is 3. The summed E-state index contributed by atoms with van der Waals surface area (Å²) < 4.78 is 4.89. The van der Waals surface area contributed by atoms with Crippen molar-refractivity contribution in [3.05, 3.63) is 140 Å². The molecule has 0 atom stereocenters. The normalized spacial score (nSPS) is 11.8. The van der Waals surface area contributed by atoms with Gasteiger partial charge in [-0.2, -0.15) is 0 Å². The molecule has 0 radical (unpaired) electrons. The van der Waals surface area contributed by atoms with Gasteiger partial charge in [0.05, 0.1) is 16.6 Å². The van der Waals surface area contributed by atoms with Crippen molar-refractivity contribution < 1.29 is 0 Å². The zero-order valence-corrected chi connectivity index (χ0v) is 23.3. The van der Waals surface area contributed by atoms with Gasteiger partial charge in [0.2, 0.25) is 0 Å². The summed E-state index contributed by atoms with van der Waals surface area (Å²) in [5, 5.41) is 3.74. The van der Waals surface area contributed by atoms with Crippen molar-refractivity contribution >= 4 is 64.6 Å². The Balaban J connectivity index is 1.25. The molecule has 3 heterocycles. The molecule has 9 aromatic rings. The molecule has 0 aliphatic rings. The summed E-state index contributed by atoms with van der Waals surface area (Å²) in [5.41, 5.74) is 10.6. The summed E-state index contributed by atoms with van der Waals surface area (Å²) in [6.07, 6.45) is 0. The van der Waals surface area contributed by atoms with E-state index < -0.39 is 0 Å². The van der Waals surface area contributed by atoms with Crippen molar-refractivity contribution in [1.82, 2.24) is 14.5 Å². The van der Waals surface area contributed by atoms with Gasteiger partial charge < -0.3 is 0 Å². The Kier molecular flexibility index (Phi) is 5.07. The fraction of sp³-hybridized carbons (Fsp3) is 0. The second-order valence-corrected chi connectivity index (χ2v) is 11.7. The molecule has 0 fully saturated rings. The molecule has 0 saturated carbocycles. The molecular weight excluding hydrogens is 531 g/mol. The van der Waals surface area contributed by atoms with Gasteiger partial charge in [0, 0.05) is 31.2 Å². The van der Waals surface area contributed by atoms with E-state index in [9.17, 15) is 0 Å². The third-order valence-corrected chi connectivity index (χ3v) is 9.40. The summed E-state index contributed by atoms with van der Waals surface area (Å²) in [5.74, 6) is 0. The molecule has 0 unspecified atom stereocenters. The van der Waals surface area contributed by atoms with Crippen LogP contribution < -0.4 is 0 Å². The SMILES string of the molecule is c1ccc(-n2c3ccc(-c4cccc(-c5cccc6c5sc5ccccc56)c4)cc3c3nc4ccccc4nc32)cc1. The number of fused-ring (bicyclic) bond motifs is 7. The van der Waals surface area contributed by atoms with E-state index >= 15 is 0 Å². The number of nitrogens with zero attached hydrogens (tertiary/aromatic N) is 3.